The molecule has 142 valence electrons. The summed E-state index contributed by atoms with van der Waals surface area (Å²) < 4.78 is 17.7. The van der Waals surface area contributed by atoms with Gasteiger partial charge in [-0.3, -0.25) is 4.79 Å². The van der Waals surface area contributed by atoms with Crippen molar-refractivity contribution in [2.24, 2.45) is 5.73 Å². The van der Waals surface area contributed by atoms with Gasteiger partial charge in [0.15, 0.2) is 10.9 Å². The molecule has 0 bridgehead atoms. The minimum Gasteiger partial charge on any atom is -0.364 e. The number of ketones is 1. The zero-order chi connectivity index (χ0) is 19.2. The van der Waals surface area contributed by atoms with Gasteiger partial charge in [0, 0.05) is 18.1 Å². The topological polar surface area (TPSA) is 97.8 Å². The molecule has 0 aliphatic heterocycles. The van der Waals surface area contributed by atoms with E-state index < -0.39 is 0 Å². The highest BCUT2D eigenvalue weighted by Crippen LogP contribution is 2.28. The summed E-state index contributed by atoms with van der Waals surface area (Å²) in [5.41, 5.74) is 7.94. The van der Waals surface area contributed by atoms with Crippen LogP contribution in [-0.2, 0) is 0 Å². The molecular formula is C19H20ClFN4O2. The van der Waals surface area contributed by atoms with Crippen molar-refractivity contribution < 1.29 is 13.7 Å². The van der Waals surface area contributed by atoms with Crippen molar-refractivity contribution >= 4 is 17.4 Å². The molecule has 3 aromatic rings. The molecule has 0 fully saturated rings. The fourth-order valence-electron chi connectivity index (χ4n) is 2.80. The number of unbranched alkanes of at least 4 members (excludes halogenated alkanes) is 2. The third kappa shape index (κ3) is 5.02. The second-order valence-electron chi connectivity index (χ2n) is 6.31. The van der Waals surface area contributed by atoms with Crippen molar-refractivity contribution in [2.75, 3.05) is 0 Å². The predicted octanol–water partition coefficient (Wildman–Crippen LogP) is 4.69. The Morgan fingerprint density at radius 2 is 2.00 bits per heavy atom. The van der Waals surface area contributed by atoms with Gasteiger partial charge in [0.1, 0.15) is 23.6 Å². The number of hydrogen-bond donors (Lipinski definition) is 2. The zero-order valence-electron chi connectivity index (χ0n) is 14.6. The highest BCUT2D eigenvalue weighted by Gasteiger charge is 2.16. The van der Waals surface area contributed by atoms with Crippen LogP contribution in [-0.4, -0.2) is 20.9 Å². The first-order valence-corrected chi connectivity index (χ1v) is 9.13. The predicted molar refractivity (Wildman–Crippen MR) is 99.8 cm³/mol. The molecule has 6 nitrogen and oxygen atoms in total. The summed E-state index contributed by atoms with van der Waals surface area (Å²) in [4.78, 5) is 19.2. The number of benzene rings is 1. The number of nitrogens with one attached hydrogen (secondary N) is 1. The van der Waals surface area contributed by atoms with E-state index >= 15 is 0 Å². The van der Waals surface area contributed by atoms with E-state index in [-0.39, 0.29) is 17.6 Å². The third-order valence-corrected chi connectivity index (χ3v) is 4.58. The number of carbonyl (C=O) groups excluding carboxylic acids is 1. The first kappa shape index (κ1) is 19.3. The first-order valence-electron chi connectivity index (χ1n) is 8.75. The number of carbonyl (C=O) groups is 1. The Kier molecular flexibility index (Phi) is 6.36. The maximum Gasteiger partial charge on any atom is 0.184 e. The summed E-state index contributed by atoms with van der Waals surface area (Å²) >= 11 is 6.19. The van der Waals surface area contributed by atoms with E-state index in [0.717, 1.165) is 24.8 Å². The minimum absolute atomic E-state index is 0.0187. The van der Waals surface area contributed by atoms with Gasteiger partial charge in [-0.1, -0.05) is 29.6 Å². The molecule has 2 aromatic heterocycles. The summed E-state index contributed by atoms with van der Waals surface area (Å²) in [6.07, 6.45) is 5.03. The van der Waals surface area contributed by atoms with E-state index in [9.17, 15) is 9.18 Å². The molecule has 1 atom stereocenters. The molecule has 0 amide bonds. The number of aromatic amines is 1. The van der Waals surface area contributed by atoms with Crippen molar-refractivity contribution in [3.8, 4) is 11.3 Å². The molecule has 0 aliphatic carbocycles. The molecule has 1 aromatic carbocycles. The quantitative estimate of drug-likeness (QED) is 0.408. The average molecular weight is 391 g/mol. The highest BCUT2D eigenvalue weighted by atomic mass is 35.5. The van der Waals surface area contributed by atoms with Crippen LogP contribution in [0.4, 0.5) is 4.39 Å². The molecule has 1 unspecified atom stereocenters. The first-order chi connectivity index (χ1) is 13.0. The second kappa shape index (κ2) is 8.92. The Bertz CT molecular complexity index is 878. The van der Waals surface area contributed by atoms with Crippen LogP contribution in [0.2, 0.25) is 5.15 Å². The van der Waals surface area contributed by atoms with Gasteiger partial charge >= 0.3 is 0 Å². The summed E-state index contributed by atoms with van der Waals surface area (Å²) in [7, 11) is 0. The summed E-state index contributed by atoms with van der Waals surface area (Å²) in [6, 6.07) is 7.28. The van der Waals surface area contributed by atoms with E-state index in [1.165, 1.54) is 18.4 Å². The Morgan fingerprint density at radius 1 is 1.22 bits per heavy atom. The lowest BCUT2D eigenvalue weighted by molar-refractivity contribution is 0.0970. The Balaban J connectivity index is 1.47. The largest absolute Gasteiger partial charge is 0.364 e. The molecule has 0 radical (unpaired) electrons. The van der Waals surface area contributed by atoms with Crippen molar-refractivity contribution in [3.05, 3.63) is 59.1 Å². The standard InChI is InChI=1S/C19H20ClFN4O2/c20-18-17(12-6-8-13(21)9-7-12)23-19(24-18)14(22)4-2-1-3-5-16(26)15-10-11-27-25-15/h6-11,14H,1-5,22H2,(H,23,24). The number of nitrogens with zero attached hydrogens (tertiary/aromatic N) is 2. The number of rotatable bonds is 9. The zero-order valence-corrected chi connectivity index (χ0v) is 15.4. The fraction of sp³-hybridized carbons (Fsp3) is 0.316. The summed E-state index contributed by atoms with van der Waals surface area (Å²) in [6.45, 7) is 0. The lowest BCUT2D eigenvalue weighted by Crippen LogP contribution is -2.12. The Labute approximate surface area is 160 Å². The van der Waals surface area contributed by atoms with Crippen LogP contribution in [0.3, 0.4) is 0 Å². The van der Waals surface area contributed by atoms with Gasteiger partial charge in [0.25, 0.3) is 0 Å². The molecular weight excluding hydrogens is 371 g/mol. The van der Waals surface area contributed by atoms with Crippen LogP contribution in [0.25, 0.3) is 11.3 Å². The molecule has 0 saturated carbocycles. The SMILES string of the molecule is NC(CCCCCC(=O)c1ccon1)c1nc(Cl)c(-c2ccc(F)cc2)[nH]1. The second-order valence-corrected chi connectivity index (χ2v) is 6.67. The van der Waals surface area contributed by atoms with Gasteiger partial charge in [0.05, 0.1) is 11.7 Å². The van der Waals surface area contributed by atoms with Gasteiger partial charge in [-0.25, -0.2) is 9.37 Å². The number of aromatic nitrogens is 3. The number of halogens is 2. The molecule has 3 rings (SSSR count). The molecule has 2 heterocycles. The van der Waals surface area contributed by atoms with Gasteiger partial charge in [-0.05, 0) is 37.1 Å². The number of hydrogen-bond acceptors (Lipinski definition) is 5. The summed E-state index contributed by atoms with van der Waals surface area (Å²) in [5, 5.41) is 3.94. The van der Waals surface area contributed by atoms with Crippen molar-refractivity contribution in [2.45, 2.75) is 38.1 Å². The van der Waals surface area contributed by atoms with Gasteiger partial charge < -0.3 is 15.2 Å². The van der Waals surface area contributed by atoms with Crippen LogP contribution < -0.4 is 5.73 Å². The highest BCUT2D eigenvalue weighted by molar-refractivity contribution is 6.31. The molecule has 27 heavy (non-hydrogen) atoms. The maximum absolute atomic E-state index is 13.1. The molecule has 8 heteroatoms. The molecule has 0 spiro atoms. The van der Waals surface area contributed by atoms with Crippen molar-refractivity contribution in [1.82, 2.24) is 15.1 Å². The lowest BCUT2D eigenvalue weighted by Gasteiger charge is -2.08. The van der Waals surface area contributed by atoms with Gasteiger partial charge in [0.2, 0.25) is 0 Å². The van der Waals surface area contributed by atoms with Crippen LogP contribution in [0.15, 0.2) is 41.1 Å². The number of H-pyrrole nitrogens is 1. The van der Waals surface area contributed by atoms with Crippen LogP contribution in [0, 0.1) is 5.82 Å². The van der Waals surface area contributed by atoms with E-state index in [4.69, 9.17) is 17.3 Å². The third-order valence-electron chi connectivity index (χ3n) is 4.30. The molecule has 0 saturated heterocycles. The summed E-state index contributed by atoms with van der Waals surface area (Å²) in [5.74, 6) is 0.265. The maximum atomic E-state index is 13.1. The van der Waals surface area contributed by atoms with Gasteiger partial charge in [-0.2, -0.15) is 0 Å². The van der Waals surface area contributed by atoms with Crippen LogP contribution in [0.5, 0.6) is 0 Å². The van der Waals surface area contributed by atoms with E-state index in [0.29, 0.717) is 35.2 Å². The van der Waals surface area contributed by atoms with Crippen molar-refractivity contribution in [3.63, 3.8) is 0 Å². The van der Waals surface area contributed by atoms with Crippen LogP contribution in [0.1, 0.15) is 54.5 Å². The number of nitrogens with two attached hydrogens (primary N) is 1. The van der Waals surface area contributed by atoms with Crippen LogP contribution >= 0.6 is 11.6 Å². The number of imidazole rings is 1. The smallest absolute Gasteiger partial charge is 0.184 e. The molecule has 3 N–H and O–H groups in total. The average Bonchev–Trinajstić information content (AvgIpc) is 3.32. The Morgan fingerprint density at radius 3 is 2.70 bits per heavy atom. The monoisotopic (exact) mass is 390 g/mol. The van der Waals surface area contributed by atoms with Gasteiger partial charge in [-0.15, -0.1) is 0 Å². The minimum atomic E-state index is -0.312. The Hall–Kier alpha value is -2.51. The van der Waals surface area contributed by atoms with E-state index in [1.54, 1.807) is 18.2 Å². The lowest BCUT2D eigenvalue weighted by atomic mass is 10.1. The number of Topliss-reactive ketones (excluding diaryl/α,β-unsaturated/α-hetero) is 1. The van der Waals surface area contributed by atoms with E-state index in [1.807, 2.05) is 0 Å². The van der Waals surface area contributed by atoms with Crippen molar-refractivity contribution in [1.29, 1.82) is 0 Å². The van der Waals surface area contributed by atoms with E-state index in [2.05, 4.69) is 19.6 Å². The fourth-order valence-corrected chi connectivity index (χ4v) is 3.05. The molecule has 0 aliphatic rings. The normalized spacial score (nSPS) is 12.3.